The zero-order valence-corrected chi connectivity index (χ0v) is 29.8. The molecule has 1 aromatic carbocycles. The molecule has 0 aromatic heterocycles. The van der Waals surface area contributed by atoms with Gasteiger partial charge >= 0.3 is 12.2 Å². The molecule has 0 spiro atoms. The zero-order valence-electron chi connectivity index (χ0n) is 29.0. The molecule has 4 aliphatic rings. The normalized spacial score (nSPS) is 28.8. The first-order chi connectivity index (χ1) is 23.6. The maximum atomic E-state index is 14.3. The number of cyclic esters (lactones) is 1. The summed E-state index contributed by atoms with van der Waals surface area (Å²) in [6, 6.07) is 5.23. The number of hydrogen-bond donors (Lipinski definition) is 3. The predicted octanol–water partition coefficient (Wildman–Crippen LogP) is 2.84. The van der Waals surface area contributed by atoms with Crippen LogP contribution in [0.2, 0.25) is 0 Å². The topological polar surface area (TPSA) is 181 Å². The van der Waals surface area contributed by atoms with E-state index in [2.05, 4.69) is 21.9 Å². The van der Waals surface area contributed by atoms with Gasteiger partial charge in [-0.15, -0.1) is 6.58 Å². The van der Waals surface area contributed by atoms with E-state index in [1.165, 1.54) is 15.9 Å². The van der Waals surface area contributed by atoms with Gasteiger partial charge in [0.05, 0.1) is 18.4 Å². The fraction of sp³-hybridized carbons (Fsp3) is 0.571. The number of ether oxygens (including phenoxy) is 2. The Balaban J connectivity index is 1.42. The number of amides is 5. The van der Waals surface area contributed by atoms with Gasteiger partial charge in [0.15, 0.2) is 0 Å². The fourth-order valence-electron chi connectivity index (χ4n) is 6.34. The van der Waals surface area contributed by atoms with E-state index in [0.717, 1.165) is 11.1 Å². The zero-order chi connectivity index (χ0) is 36.4. The number of fused-ring (bicyclic) bond motifs is 3. The van der Waals surface area contributed by atoms with Gasteiger partial charge in [0.2, 0.25) is 21.8 Å². The molecule has 3 fully saturated rings. The minimum absolute atomic E-state index is 0.103. The molecule has 1 saturated heterocycles. The smallest absolute Gasteiger partial charge is 0.410 e. The van der Waals surface area contributed by atoms with Crippen LogP contribution in [-0.4, -0.2) is 97.3 Å². The van der Waals surface area contributed by atoms with Crippen molar-refractivity contribution in [3.05, 3.63) is 54.1 Å². The molecule has 5 amide bonds. The molecule has 2 saturated carbocycles. The molecule has 1 unspecified atom stereocenters. The van der Waals surface area contributed by atoms with E-state index in [-0.39, 0.29) is 32.5 Å². The van der Waals surface area contributed by atoms with Crippen LogP contribution in [0.1, 0.15) is 70.4 Å². The number of benzene rings is 1. The minimum Gasteiger partial charge on any atom is -0.450 e. The third kappa shape index (κ3) is 8.31. The SMILES string of the molecule is C=C[C@@H]1CC1(NC(=O)[C@@H]1C[C@@H]2CN1C(=O)[C@H](C(C)(C)C)NC(=O)OCCC/C=C/c1ccccc1CN(C)C(=O)O2)C(=O)NS(=O)(=O)C1CC1. The average Bonchev–Trinajstić information content (AvgIpc) is 3.97. The van der Waals surface area contributed by atoms with E-state index in [1.807, 2.05) is 36.4 Å². The van der Waals surface area contributed by atoms with Crippen molar-refractivity contribution in [2.24, 2.45) is 11.3 Å². The first kappa shape index (κ1) is 36.9. The second-order valence-corrected chi connectivity index (χ2v) is 16.6. The number of carbonyl (C=O) groups excluding carboxylic acids is 5. The quantitative estimate of drug-likeness (QED) is 0.374. The van der Waals surface area contributed by atoms with Crippen molar-refractivity contribution >= 4 is 46.0 Å². The van der Waals surface area contributed by atoms with Crippen LogP contribution >= 0.6 is 0 Å². The van der Waals surface area contributed by atoms with Gasteiger partial charge in [-0.2, -0.15) is 0 Å². The lowest BCUT2D eigenvalue weighted by Gasteiger charge is -2.35. The molecule has 3 N–H and O–H groups in total. The summed E-state index contributed by atoms with van der Waals surface area (Å²) in [5, 5.41) is 4.73. The van der Waals surface area contributed by atoms with E-state index in [1.54, 1.807) is 27.8 Å². The monoisotopic (exact) mass is 713 g/mol. The first-order valence-electron chi connectivity index (χ1n) is 17.0. The van der Waals surface area contributed by atoms with Gasteiger partial charge in [0.1, 0.15) is 23.7 Å². The molecule has 14 nitrogen and oxygen atoms in total. The fourth-order valence-corrected chi connectivity index (χ4v) is 7.70. The van der Waals surface area contributed by atoms with Crippen molar-refractivity contribution in [1.29, 1.82) is 0 Å². The molecule has 50 heavy (non-hydrogen) atoms. The number of allylic oxidation sites excluding steroid dienone is 1. The van der Waals surface area contributed by atoms with Gasteiger partial charge in [-0.3, -0.25) is 19.1 Å². The summed E-state index contributed by atoms with van der Waals surface area (Å²) >= 11 is 0. The Hall–Kier alpha value is -4.40. The van der Waals surface area contributed by atoms with Crippen LogP contribution in [0, 0.1) is 11.3 Å². The van der Waals surface area contributed by atoms with Crippen LogP contribution in [0.15, 0.2) is 43.0 Å². The number of nitrogens with zero attached hydrogens (tertiary/aromatic N) is 2. The third-order valence-corrected chi connectivity index (χ3v) is 11.4. The molecule has 15 heteroatoms. The van der Waals surface area contributed by atoms with Gasteiger partial charge in [-0.25, -0.2) is 18.0 Å². The van der Waals surface area contributed by atoms with Crippen LogP contribution in [0.3, 0.4) is 0 Å². The van der Waals surface area contributed by atoms with Crippen molar-refractivity contribution in [3.8, 4) is 0 Å². The number of sulfonamides is 1. The average molecular weight is 714 g/mol. The minimum atomic E-state index is -3.91. The van der Waals surface area contributed by atoms with Crippen molar-refractivity contribution < 1.29 is 41.9 Å². The highest BCUT2D eigenvalue weighted by atomic mass is 32.2. The number of carbonyl (C=O) groups is 5. The lowest BCUT2D eigenvalue weighted by Crippen LogP contribution is -2.60. The third-order valence-electron chi connectivity index (χ3n) is 9.56. The molecule has 5 atom stereocenters. The van der Waals surface area contributed by atoms with E-state index >= 15 is 0 Å². The molecular formula is C35H47N5O9S. The Morgan fingerprint density at radius 2 is 1.86 bits per heavy atom. The van der Waals surface area contributed by atoms with Crippen LogP contribution in [0.4, 0.5) is 9.59 Å². The summed E-state index contributed by atoms with van der Waals surface area (Å²) in [5.41, 5.74) is -0.629. The van der Waals surface area contributed by atoms with E-state index in [4.69, 9.17) is 9.47 Å². The highest BCUT2D eigenvalue weighted by molar-refractivity contribution is 7.91. The van der Waals surface area contributed by atoms with Gasteiger partial charge in [-0.05, 0) is 48.6 Å². The molecule has 272 valence electrons. The van der Waals surface area contributed by atoms with Gasteiger partial charge in [0.25, 0.3) is 5.91 Å². The summed E-state index contributed by atoms with van der Waals surface area (Å²) in [6.45, 7) is 9.17. The second kappa shape index (κ2) is 14.4. The number of rotatable bonds is 6. The van der Waals surface area contributed by atoms with Gasteiger partial charge < -0.3 is 29.9 Å². The van der Waals surface area contributed by atoms with E-state index in [9.17, 15) is 32.4 Å². The summed E-state index contributed by atoms with van der Waals surface area (Å²) < 4.78 is 38.6. The maximum Gasteiger partial charge on any atom is 0.410 e. The van der Waals surface area contributed by atoms with Crippen LogP contribution < -0.4 is 15.4 Å². The molecule has 5 rings (SSSR count). The van der Waals surface area contributed by atoms with Gasteiger partial charge in [0, 0.05) is 25.9 Å². The molecular weight excluding hydrogens is 666 g/mol. The van der Waals surface area contributed by atoms with Crippen LogP contribution in [0.5, 0.6) is 0 Å². The van der Waals surface area contributed by atoms with Crippen molar-refractivity contribution in [2.75, 3.05) is 20.2 Å². The lowest BCUT2D eigenvalue weighted by molar-refractivity contribution is -0.142. The van der Waals surface area contributed by atoms with E-state index in [0.29, 0.717) is 25.7 Å². The summed E-state index contributed by atoms with van der Waals surface area (Å²) in [5.74, 6) is -2.76. The Morgan fingerprint density at radius 1 is 1.14 bits per heavy atom. The number of hydrogen-bond acceptors (Lipinski definition) is 9. The maximum absolute atomic E-state index is 14.3. The molecule has 2 heterocycles. The number of alkyl carbamates (subject to hydrolysis) is 1. The van der Waals surface area contributed by atoms with Crippen molar-refractivity contribution in [2.45, 2.75) is 94.8 Å². The van der Waals surface area contributed by atoms with Crippen molar-refractivity contribution in [1.82, 2.24) is 25.2 Å². The largest absolute Gasteiger partial charge is 0.450 e. The Bertz CT molecular complexity index is 1670. The summed E-state index contributed by atoms with van der Waals surface area (Å²) in [6.07, 6.45) is 5.06. The van der Waals surface area contributed by atoms with Crippen molar-refractivity contribution in [3.63, 3.8) is 0 Å². The van der Waals surface area contributed by atoms with Crippen LogP contribution in [0.25, 0.3) is 6.08 Å². The first-order valence-corrected chi connectivity index (χ1v) is 18.5. The highest BCUT2D eigenvalue weighted by Gasteiger charge is 2.62. The van der Waals surface area contributed by atoms with Crippen LogP contribution in [-0.2, 0) is 40.4 Å². The number of nitrogens with one attached hydrogen (secondary N) is 3. The highest BCUT2D eigenvalue weighted by Crippen LogP contribution is 2.45. The molecule has 2 aliphatic heterocycles. The standard InChI is InChI=1S/C35H47N5O9S/c1-6-24-19-35(24,31(43)38-50(46,47)26-15-16-26)37-29(41)27-18-25-21-40(27)30(42)28(34(2,3)4)36-32(44)48-17-11-7-8-12-22-13-9-10-14-23(22)20-39(5)33(45)49-25/h6,8-10,12-14,24-28H,1,7,11,15-21H2,2-5H3,(H,36,44)(H,37,41)(H,38,43)/b12-8+/t24-,25-,27+,28-,35?/m1/s1. The molecule has 0 radical (unpaired) electrons. The lowest BCUT2D eigenvalue weighted by atomic mass is 9.85. The predicted molar refractivity (Wildman–Crippen MR) is 184 cm³/mol. The van der Waals surface area contributed by atoms with E-state index < -0.39 is 80.2 Å². The Morgan fingerprint density at radius 3 is 2.52 bits per heavy atom. The molecule has 2 aliphatic carbocycles. The summed E-state index contributed by atoms with van der Waals surface area (Å²) in [7, 11) is -2.31. The van der Waals surface area contributed by atoms with Gasteiger partial charge in [-0.1, -0.05) is 63.3 Å². The molecule has 2 bridgehead atoms. The summed E-state index contributed by atoms with van der Waals surface area (Å²) in [4.78, 5) is 70.7. The second-order valence-electron chi connectivity index (χ2n) is 14.6. The Labute approximate surface area is 293 Å². The Kier molecular flexibility index (Phi) is 10.7. The molecule has 1 aromatic rings.